The zero-order valence-corrected chi connectivity index (χ0v) is 11.5. The number of hydrogen-bond donors (Lipinski definition) is 2. The van der Waals surface area contributed by atoms with Crippen molar-refractivity contribution in [1.29, 1.82) is 0 Å². The highest BCUT2D eigenvalue weighted by atomic mass is 32.1. The van der Waals surface area contributed by atoms with Crippen molar-refractivity contribution < 1.29 is 4.79 Å². The van der Waals surface area contributed by atoms with E-state index in [0.29, 0.717) is 10.7 Å². The number of aromatic amines is 1. The van der Waals surface area contributed by atoms with Crippen LogP contribution >= 0.6 is 11.3 Å². The number of hydrogen-bond acceptors (Lipinski definition) is 3. The molecular formula is C14H13N3OS. The predicted octanol–water partition coefficient (Wildman–Crippen LogP) is 3.49. The van der Waals surface area contributed by atoms with Crippen molar-refractivity contribution in [2.75, 3.05) is 5.32 Å². The molecule has 0 fully saturated rings. The fourth-order valence-electron chi connectivity index (χ4n) is 1.87. The van der Waals surface area contributed by atoms with Gasteiger partial charge in [-0.25, -0.2) is 0 Å². The molecule has 0 bridgehead atoms. The minimum Gasteiger partial charge on any atom is -0.304 e. The molecule has 5 heteroatoms. The van der Waals surface area contributed by atoms with Gasteiger partial charge in [0.15, 0.2) is 5.82 Å². The molecule has 19 heavy (non-hydrogen) atoms. The summed E-state index contributed by atoms with van der Waals surface area (Å²) in [4.78, 5) is 12.9. The number of rotatable bonds is 2. The van der Waals surface area contributed by atoms with Crippen LogP contribution in [-0.2, 0) is 0 Å². The van der Waals surface area contributed by atoms with Crippen LogP contribution in [0.15, 0.2) is 30.3 Å². The highest BCUT2D eigenvalue weighted by Crippen LogP contribution is 2.26. The molecule has 0 radical (unpaired) electrons. The monoisotopic (exact) mass is 271 g/mol. The molecule has 4 nitrogen and oxygen atoms in total. The van der Waals surface area contributed by atoms with E-state index in [1.807, 2.05) is 44.2 Å². The number of fused-ring (bicyclic) bond motifs is 1. The van der Waals surface area contributed by atoms with Gasteiger partial charge in [0.2, 0.25) is 0 Å². The van der Waals surface area contributed by atoms with Crippen LogP contribution in [0.25, 0.3) is 10.1 Å². The van der Waals surface area contributed by atoms with E-state index in [2.05, 4.69) is 15.5 Å². The van der Waals surface area contributed by atoms with Crippen LogP contribution in [0.5, 0.6) is 0 Å². The number of benzene rings is 1. The number of H-pyrrole nitrogens is 1. The highest BCUT2D eigenvalue weighted by Gasteiger charge is 2.13. The van der Waals surface area contributed by atoms with Gasteiger partial charge in [0.05, 0.1) is 4.88 Å². The Labute approximate surface area is 114 Å². The summed E-state index contributed by atoms with van der Waals surface area (Å²) in [6, 6.07) is 9.87. The molecule has 3 rings (SSSR count). The lowest BCUT2D eigenvalue weighted by molar-refractivity contribution is 0.103. The number of nitrogens with zero attached hydrogens (tertiary/aromatic N) is 1. The summed E-state index contributed by atoms with van der Waals surface area (Å²) in [5.41, 5.74) is 1.93. The van der Waals surface area contributed by atoms with Gasteiger partial charge in [-0.15, -0.1) is 11.3 Å². The molecule has 1 aromatic carbocycles. The van der Waals surface area contributed by atoms with Gasteiger partial charge in [-0.05, 0) is 31.4 Å². The van der Waals surface area contributed by atoms with Gasteiger partial charge in [0, 0.05) is 16.0 Å². The van der Waals surface area contributed by atoms with Crippen LogP contribution in [0.4, 0.5) is 5.82 Å². The highest BCUT2D eigenvalue weighted by molar-refractivity contribution is 7.20. The molecule has 0 atom stereocenters. The molecule has 0 saturated heterocycles. The first-order chi connectivity index (χ1) is 9.15. The lowest BCUT2D eigenvalue weighted by atomic mass is 10.2. The summed E-state index contributed by atoms with van der Waals surface area (Å²) in [5.74, 6) is 0.482. The van der Waals surface area contributed by atoms with E-state index in [4.69, 9.17) is 0 Å². The first-order valence-corrected chi connectivity index (χ1v) is 6.78. The minimum absolute atomic E-state index is 0.115. The SMILES string of the molecule is Cc1[nH]nc(NC(=O)c2cc3ccccc3s2)c1C. The number of thiophene rings is 1. The standard InChI is InChI=1S/C14H13N3OS/c1-8-9(2)16-17-13(8)15-14(18)12-7-10-5-3-4-6-11(10)19-12/h3-7H,1-2H3,(H2,15,16,17,18). The number of carbonyl (C=O) groups is 1. The maximum atomic E-state index is 12.2. The van der Waals surface area contributed by atoms with Gasteiger partial charge >= 0.3 is 0 Å². The molecule has 0 unspecified atom stereocenters. The molecule has 0 aliphatic carbocycles. The molecular weight excluding hydrogens is 258 g/mol. The Balaban J connectivity index is 1.89. The molecule has 96 valence electrons. The molecule has 0 saturated carbocycles. The van der Waals surface area contributed by atoms with E-state index in [9.17, 15) is 4.79 Å². The van der Waals surface area contributed by atoms with Gasteiger partial charge in [0.25, 0.3) is 5.91 Å². The third-order valence-electron chi connectivity index (χ3n) is 3.13. The third-order valence-corrected chi connectivity index (χ3v) is 4.25. The van der Waals surface area contributed by atoms with Gasteiger partial charge < -0.3 is 5.32 Å². The predicted molar refractivity (Wildman–Crippen MR) is 77.8 cm³/mol. The Kier molecular flexibility index (Phi) is 2.83. The van der Waals surface area contributed by atoms with E-state index < -0.39 is 0 Å². The van der Waals surface area contributed by atoms with Crippen molar-refractivity contribution in [3.8, 4) is 0 Å². The van der Waals surface area contributed by atoms with Gasteiger partial charge in [0.1, 0.15) is 0 Å². The second kappa shape index (κ2) is 4.51. The second-order valence-electron chi connectivity index (χ2n) is 4.42. The number of nitrogens with one attached hydrogen (secondary N) is 2. The molecule has 0 spiro atoms. The van der Waals surface area contributed by atoms with Gasteiger partial charge in [-0.2, -0.15) is 5.10 Å². The summed E-state index contributed by atoms with van der Waals surface area (Å²) in [5, 5.41) is 10.9. The summed E-state index contributed by atoms with van der Waals surface area (Å²) < 4.78 is 1.11. The van der Waals surface area contributed by atoms with Crippen LogP contribution in [-0.4, -0.2) is 16.1 Å². The fourth-order valence-corrected chi connectivity index (χ4v) is 2.83. The molecule has 1 amide bonds. The smallest absolute Gasteiger partial charge is 0.266 e. The zero-order chi connectivity index (χ0) is 13.4. The Morgan fingerprint density at radius 2 is 2.11 bits per heavy atom. The van der Waals surface area contributed by atoms with Crippen molar-refractivity contribution in [3.63, 3.8) is 0 Å². The van der Waals surface area contributed by atoms with Crippen molar-refractivity contribution in [1.82, 2.24) is 10.2 Å². The van der Waals surface area contributed by atoms with Crippen LogP contribution < -0.4 is 5.32 Å². The Bertz CT molecular complexity index is 724. The first-order valence-electron chi connectivity index (χ1n) is 5.96. The molecule has 3 aromatic rings. The molecule has 0 aliphatic heterocycles. The fraction of sp³-hybridized carbons (Fsp3) is 0.143. The maximum absolute atomic E-state index is 12.2. The number of aromatic nitrogens is 2. The van der Waals surface area contributed by atoms with Gasteiger partial charge in [-0.3, -0.25) is 9.89 Å². The van der Waals surface area contributed by atoms with E-state index in [0.717, 1.165) is 21.3 Å². The molecule has 0 aliphatic rings. The number of aryl methyl sites for hydroxylation is 1. The van der Waals surface area contributed by atoms with Crippen LogP contribution in [0, 0.1) is 13.8 Å². The van der Waals surface area contributed by atoms with Crippen LogP contribution in [0.3, 0.4) is 0 Å². The van der Waals surface area contributed by atoms with E-state index >= 15 is 0 Å². The van der Waals surface area contributed by atoms with Crippen molar-refractivity contribution >= 4 is 33.1 Å². The molecule has 2 N–H and O–H groups in total. The molecule has 2 aromatic heterocycles. The minimum atomic E-state index is -0.115. The number of carbonyl (C=O) groups excluding carboxylic acids is 1. The molecule has 2 heterocycles. The summed E-state index contributed by atoms with van der Waals surface area (Å²) in [7, 11) is 0. The second-order valence-corrected chi connectivity index (χ2v) is 5.51. The summed E-state index contributed by atoms with van der Waals surface area (Å²) >= 11 is 1.49. The largest absolute Gasteiger partial charge is 0.304 e. The summed E-state index contributed by atoms with van der Waals surface area (Å²) in [6.45, 7) is 3.86. The van der Waals surface area contributed by atoms with Crippen molar-refractivity contribution in [2.45, 2.75) is 13.8 Å². The number of amides is 1. The Morgan fingerprint density at radius 3 is 2.79 bits per heavy atom. The lowest BCUT2D eigenvalue weighted by Gasteiger charge is -2.00. The quantitative estimate of drug-likeness (QED) is 0.749. The van der Waals surface area contributed by atoms with Gasteiger partial charge in [-0.1, -0.05) is 18.2 Å². The van der Waals surface area contributed by atoms with E-state index in [-0.39, 0.29) is 5.91 Å². The number of anilines is 1. The van der Waals surface area contributed by atoms with E-state index in [1.54, 1.807) is 0 Å². The lowest BCUT2D eigenvalue weighted by Crippen LogP contribution is -2.11. The average Bonchev–Trinajstić information content (AvgIpc) is 2.97. The maximum Gasteiger partial charge on any atom is 0.266 e. The van der Waals surface area contributed by atoms with E-state index in [1.165, 1.54) is 11.3 Å². The van der Waals surface area contributed by atoms with Crippen LogP contribution in [0.1, 0.15) is 20.9 Å². The Hall–Kier alpha value is -2.14. The first kappa shape index (κ1) is 11.9. The van der Waals surface area contributed by atoms with Crippen molar-refractivity contribution in [2.24, 2.45) is 0 Å². The third kappa shape index (κ3) is 2.13. The Morgan fingerprint density at radius 1 is 1.32 bits per heavy atom. The summed E-state index contributed by atoms with van der Waals surface area (Å²) in [6.07, 6.45) is 0. The average molecular weight is 271 g/mol. The topological polar surface area (TPSA) is 57.8 Å². The van der Waals surface area contributed by atoms with Crippen molar-refractivity contribution in [3.05, 3.63) is 46.5 Å². The zero-order valence-electron chi connectivity index (χ0n) is 10.7. The van der Waals surface area contributed by atoms with Crippen LogP contribution in [0.2, 0.25) is 0 Å². The normalized spacial score (nSPS) is 10.8.